The summed E-state index contributed by atoms with van der Waals surface area (Å²) in [5.74, 6) is 1.56. The second kappa shape index (κ2) is 7.92. The first-order chi connectivity index (χ1) is 8.70. The van der Waals surface area contributed by atoms with Crippen molar-refractivity contribution >= 4 is 27.5 Å². The van der Waals surface area contributed by atoms with Crippen LogP contribution in [0.15, 0.2) is 39.2 Å². The fraction of sp³-hybridized carbons (Fsp3) is 0.231. The van der Waals surface area contributed by atoms with Crippen molar-refractivity contribution in [2.45, 2.75) is 6.54 Å². The van der Waals surface area contributed by atoms with Gasteiger partial charge in [-0.05, 0) is 30.3 Å². The van der Waals surface area contributed by atoms with Crippen LogP contribution in [0.4, 0.5) is 0 Å². The molecule has 2 N–H and O–H groups in total. The summed E-state index contributed by atoms with van der Waals surface area (Å²) >= 11 is 9.53. The van der Waals surface area contributed by atoms with Gasteiger partial charge in [0.1, 0.15) is 11.5 Å². The van der Waals surface area contributed by atoms with Gasteiger partial charge in [-0.1, -0.05) is 27.5 Å². The number of furan rings is 1. The quantitative estimate of drug-likeness (QED) is 0.756. The number of nitrogens with one attached hydrogen (secondary N) is 1. The Morgan fingerprint density at radius 3 is 2.74 bits per heavy atom. The zero-order chi connectivity index (χ0) is 13.0. The van der Waals surface area contributed by atoms with Gasteiger partial charge in [-0.3, -0.25) is 0 Å². The average molecular weight is 366 g/mol. The van der Waals surface area contributed by atoms with E-state index in [-0.39, 0.29) is 19.0 Å². The summed E-state index contributed by atoms with van der Waals surface area (Å²) in [6, 6.07) is 9.47. The molecule has 0 bridgehead atoms. The third-order valence-electron chi connectivity index (χ3n) is 2.45. The lowest BCUT2D eigenvalue weighted by Gasteiger charge is -2.02. The minimum Gasteiger partial charge on any atom is -1.00 e. The van der Waals surface area contributed by atoms with Gasteiger partial charge in [0.05, 0.1) is 18.2 Å². The molecule has 1 aromatic carbocycles. The van der Waals surface area contributed by atoms with Crippen molar-refractivity contribution in [2.75, 3.05) is 13.2 Å². The summed E-state index contributed by atoms with van der Waals surface area (Å²) in [6.45, 7) is 1.26. The first-order valence-electron chi connectivity index (χ1n) is 5.56. The van der Waals surface area contributed by atoms with Gasteiger partial charge in [-0.25, -0.2) is 0 Å². The van der Waals surface area contributed by atoms with Crippen LogP contribution in [0.1, 0.15) is 5.76 Å². The molecule has 19 heavy (non-hydrogen) atoms. The smallest absolute Gasteiger partial charge is 0.135 e. The lowest BCUT2D eigenvalue weighted by molar-refractivity contribution is -0.00000509. The third-order valence-corrected chi connectivity index (χ3v) is 3.25. The summed E-state index contributed by atoms with van der Waals surface area (Å²) in [4.78, 5) is 0. The van der Waals surface area contributed by atoms with E-state index in [2.05, 4.69) is 21.2 Å². The molecule has 0 radical (unpaired) electrons. The third kappa shape index (κ3) is 4.51. The van der Waals surface area contributed by atoms with Crippen molar-refractivity contribution in [1.82, 2.24) is 5.32 Å². The topological polar surface area (TPSA) is 45.4 Å². The van der Waals surface area contributed by atoms with Gasteiger partial charge in [0.25, 0.3) is 0 Å². The Morgan fingerprint density at radius 1 is 1.26 bits per heavy atom. The number of aliphatic hydroxyl groups is 1. The van der Waals surface area contributed by atoms with Crippen LogP contribution < -0.4 is 17.7 Å². The average Bonchev–Trinajstić information content (AvgIpc) is 2.78. The number of halogens is 3. The maximum Gasteiger partial charge on any atom is 0.135 e. The SMILES string of the molecule is OCCNCc1ccc(-c2ccc(Br)cc2Cl)o1.[Cl-]. The Bertz CT molecular complexity index is 531. The highest BCUT2D eigenvalue weighted by molar-refractivity contribution is 9.10. The van der Waals surface area contributed by atoms with Crippen molar-refractivity contribution < 1.29 is 21.9 Å². The van der Waals surface area contributed by atoms with Crippen molar-refractivity contribution in [3.05, 3.63) is 45.6 Å². The van der Waals surface area contributed by atoms with Crippen LogP contribution in [0.2, 0.25) is 5.02 Å². The van der Waals surface area contributed by atoms with Crippen molar-refractivity contribution in [1.29, 1.82) is 0 Å². The molecule has 0 aliphatic heterocycles. The number of hydrogen-bond donors (Lipinski definition) is 2. The molecule has 0 fully saturated rings. The molecule has 104 valence electrons. The van der Waals surface area contributed by atoms with E-state index in [9.17, 15) is 0 Å². The molecule has 0 saturated heterocycles. The van der Waals surface area contributed by atoms with Gasteiger partial charge in [0.2, 0.25) is 0 Å². The van der Waals surface area contributed by atoms with Crippen molar-refractivity contribution in [3.8, 4) is 11.3 Å². The maximum atomic E-state index is 8.67. The van der Waals surface area contributed by atoms with Crippen LogP contribution in [-0.2, 0) is 6.54 Å². The number of benzene rings is 1. The fourth-order valence-corrected chi connectivity index (χ4v) is 2.36. The molecule has 0 atom stereocenters. The summed E-state index contributed by atoms with van der Waals surface area (Å²) < 4.78 is 6.63. The first kappa shape index (κ1) is 16.5. The summed E-state index contributed by atoms with van der Waals surface area (Å²) in [6.07, 6.45) is 0. The maximum absolute atomic E-state index is 8.67. The second-order valence-electron chi connectivity index (χ2n) is 3.79. The van der Waals surface area contributed by atoms with E-state index >= 15 is 0 Å². The molecule has 0 aliphatic rings. The molecule has 2 rings (SSSR count). The second-order valence-corrected chi connectivity index (χ2v) is 5.11. The fourth-order valence-electron chi connectivity index (χ4n) is 1.60. The van der Waals surface area contributed by atoms with E-state index in [1.165, 1.54) is 0 Å². The molecule has 0 unspecified atom stereocenters. The predicted octanol–water partition coefficient (Wildman–Crippen LogP) is 0.448. The highest BCUT2D eigenvalue weighted by Gasteiger charge is 2.08. The van der Waals surface area contributed by atoms with E-state index in [0.717, 1.165) is 21.6 Å². The van der Waals surface area contributed by atoms with E-state index in [1.807, 2.05) is 30.3 Å². The van der Waals surface area contributed by atoms with Gasteiger partial charge in [0, 0.05) is 16.6 Å². The molecule has 3 nitrogen and oxygen atoms in total. The van der Waals surface area contributed by atoms with Gasteiger partial charge < -0.3 is 27.2 Å². The van der Waals surface area contributed by atoms with Crippen LogP contribution in [0.3, 0.4) is 0 Å². The molecule has 6 heteroatoms. The minimum absolute atomic E-state index is 0. The van der Waals surface area contributed by atoms with Crippen LogP contribution in [0, 0.1) is 0 Å². The van der Waals surface area contributed by atoms with Gasteiger partial charge in [-0.15, -0.1) is 0 Å². The van der Waals surface area contributed by atoms with Crippen LogP contribution in [0.25, 0.3) is 11.3 Å². The lowest BCUT2D eigenvalue weighted by atomic mass is 10.2. The summed E-state index contributed by atoms with van der Waals surface area (Å²) in [5.41, 5.74) is 0.869. The number of aliphatic hydroxyl groups excluding tert-OH is 1. The van der Waals surface area contributed by atoms with Crippen molar-refractivity contribution in [3.63, 3.8) is 0 Å². The molecular weight excluding hydrogens is 353 g/mol. The molecule has 0 aliphatic carbocycles. The zero-order valence-corrected chi connectivity index (χ0v) is 13.1. The Morgan fingerprint density at radius 2 is 2.05 bits per heavy atom. The summed E-state index contributed by atoms with van der Waals surface area (Å²) in [5, 5.41) is 12.4. The van der Waals surface area contributed by atoms with Gasteiger partial charge in [-0.2, -0.15) is 0 Å². The number of rotatable bonds is 5. The van der Waals surface area contributed by atoms with Crippen LogP contribution in [-0.4, -0.2) is 18.3 Å². The first-order valence-corrected chi connectivity index (χ1v) is 6.73. The van der Waals surface area contributed by atoms with Crippen molar-refractivity contribution in [2.24, 2.45) is 0 Å². The molecule has 1 aromatic heterocycles. The molecular formula is C13H13BrCl2NO2-. The van der Waals surface area contributed by atoms with E-state index in [4.69, 9.17) is 21.1 Å². The molecule has 1 heterocycles. The van der Waals surface area contributed by atoms with E-state index in [1.54, 1.807) is 0 Å². The minimum atomic E-state index is 0. The normalized spacial score (nSPS) is 10.3. The Hall–Kier alpha value is -0.520. The molecule has 0 amide bonds. The highest BCUT2D eigenvalue weighted by Crippen LogP contribution is 2.31. The Kier molecular flexibility index (Phi) is 6.89. The molecule has 0 spiro atoms. The van der Waals surface area contributed by atoms with E-state index in [0.29, 0.717) is 18.1 Å². The number of hydrogen-bond acceptors (Lipinski definition) is 3. The monoisotopic (exact) mass is 364 g/mol. The standard InChI is InChI=1S/C13H13BrClNO2.ClH/c14-9-1-3-11(12(15)7-9)13-4-2-10(18-13)8-16-5-6-17;/h1-4,7,16-17H,5-6,8H2;1H/p-1. The van der Waals surface area contributed by atoms with Gasteiger partial charge >= 0.3 is 0 Å². The summed E-state index contributed by atoms with van der Waals surface area (Å²) in [7, 11) is 0. The highest BCUT2D eigenvalue weighted by atomic mass is 79.9. The largest absolute Gasteiger partial charge is 1.00 e. The van der Waals surface area contributed by atoms with E-state index < -0.39 is 0 Å². The Balaban J connectivity index is 0.00000180. The molecule has 2 aromatic rings. The van der Waals surface area contributed by atoms with Crippen LogP contribution >= 0.6 is 27.5 Å². The Labute approximate surface area is 131 Å². The lowest BCUT2D eigenvalue weighted by Crippen LogP contribution is -3.00. The predicted molar refractivity (Wildman–Crippen MR) is 75.6 cm³/mol. The molecule has 0 saturated carbocycles. The zero-order valence-electron chi connectivity index (χ0n) is 10.00. The van der Waals surface area contributed by atoms with Crippen LogP contribution in [0.5, 0.6) is 0 Å². The van der Waals surface area contributed by atoms with Gasteiger partial charge in [0.15, 0.2) is 0 Å².